The summed E-state index contributed by atoms with van der Waals surface area (Å²) in [7, 11) is 0. The van der Waals surface area contributed by atoms with Crippen molar-refractivity contribution in [3.63, 3.8) is 0 Å². The monoisotopic (exact) mass is 313 g/mol. The van der Waals surface area contributed by atoms with E-state index in [9.17, 15) is 0 Å². The van der Waals surface area contributed by atoms with Crippen molar-refractivity contribution < 1.29 is 0 Å². The Balaban J connectivity index is 2.11. The smallest absolute Gasteiger partial charge is 0.128 e. The maximum atomic E-state index is 6.27. The number of nitrogens with one attached hydrogen (secondary N) is 1. The predicted molar refractivity (Wildman–Crippen MR) is 90.0 cm³/mol. The Morgan fingerprint density at radius 1 is 1.50 bits per heavy atom. The van der Waals surface area contributed by atoms with E-state index in [0.717, 1.165) is 36.0 Å². The molecule has 1 aromatic rings. The van der Waals surface area contributed by atoms with Crippen LogP contribution in [-0.4, -0.2) is 34.6 Å². The van der Waals surface area contributed by atoms with Crippen molar-refractivity contribution in [2.45, 2.75) is 45.0 Å². The van der Waals surface area contributed by atoms with Crippen LogP contribution in [0.5, 0.6) is 0 Å². The van der Waals surface area contributed by atoms with Crippen LogP contribution >= 0.6 is 23.4 Å². The van der Waals surface area contributed by atoms with Crippen LogP contribution in [0.15, 0.2) is 12.3 Å². The fraction of sp³-hybridized carbons (Fsp3) is 0.667. The van der Waals surface area contributed by atoms with Gasteiger partial charge in [-0.15, -0.1) is 0 Å². The number of rotatable bonds is 3. The van der Waals surface area contributed by atoms with Gasteiger partial charge in [-0.2, -0.15) is 11.8 Å². The van der Waals surface area contributed by atoms with Crippen molar-refractivity contribution in [1.29, 1.82) is 0 Å². The Kier molecular flexibility index (Phi) is 5.21. The fourth-order valence-corrected chi connectivity index (χ4v) is 3.35. The van der Waals surface area contributed by atoms with Crippen molar-refractivity contribution in [2.75, 3.05) is 23.7 Å². The van der Waals surface area contributed by atoms with Crippen molar-refractivity contribution >= 4 is 29.2 Å². The molecule has 1 fully saturated rings. The van der Waals surface area contributed by atoms with Gasteiger partial charge in [0, 0.05) is 42.4 Å². The molecule has 0 saturated carbocycles. The Hall–Kier alpha value is -0.450. The van der Waals surface area contributed by atoms with Gasteiger partial charge in [-0.3, -0.25) is 0 Å². The van der Waals surface area contributed by atoms with Crippen LogP contribution in [0.2, 0.25) is 5.02 Å². The molecule has 0 radical (unpaired) electrons. The summed E-state index contributed by atoms with van der Waals surface area (Å²) in [5.41, 5.74) is 1.21. The third-order valence-electron chi connectivity index (χ3n) is 3.29. The molecule has 1 saturated heterocycles. The molecule has 0 spiro atoms. The summed E-state index contributed by atoms with van der Waals surface area (Å²) in [6.45, 7) is 11.7. The molecule has 2 heterocycles. The summed E-state index contributed by atoms with van der Waals surface area (Å²) in [6.07, 6.45) is 1.78. The maximum Gasteiger partial charge on any atom is 0.128 e. The third kappa shape index (κ3) is 4.54. The van der Waals surface area contributed by atoms with Gasteiger partial charge in [0.1, 0.15) is 5.82 Å². The van der Waals surface area contributed by atoms with E-state index in [1.165, 1.54) is 5.75 Å². The van der Waals surface area contributed by atoms with Crippen LogP contribution in [0.1, 0.15) is 33.3 Å². The average Bonchev–Trinajstić information content (AvgIpc) is 2.37. The Bertz CT molecular complexity index is 459. The molecular weight excluding hydrogens is 290 g/mol. The van der Waals surface area contributed by atoms with E-state index in [4.69, 9.17) is 11.6 Å². The lowest BCUT2D eigenvalue weighted by atomic mass is 10.1. The minimum absolute atomic E-state index is 0.0863. The van der Waals surface area contributed by atoms with Crippen LogP contribution in [0.3, 0.4) is 0 Å². The van der Waals surface area contributed by atoms with E-state index >= 15 is 0 Å². The molecule has 0 amide bonds. The normalized spacial score (nSPS) is 20.2. The number of anilines is 1. The molecule has 3 nitrogen and oxygen atoms in total. The Morgan fingerprint density at radius 3 is 2.90 bits per heavy atom. The zero-order valence-electron chi connectivity index (χ0n) is 12.7. The lowest BCUT2D eigenvalue weighted by Gasteiger charge is -2.32. The highest BCUT2D eigenvalue weighted by Gasteiger charge is 2.19. The Morgan fingerprint density at radius 2 is 2.25 bits per heavy atom. The average molecular weight is 314 g/mol. The molecule has 1 aromatic heterocycles. The number of pyridine rings is 1. The van der Waals surface area contributed by atoms with Crippen molar-refractivity contribution in [1.82, 2.24) is 10.3 Å². The first-order valence-electron chi connectivity index (χ1n) is 7.11. The van der Waals surface area contributed by atoms with Crippen LogP contribution in [0.25, 0.3) is 0 Å². The molecule has 1 aliphatic heterocycles. The van der Waals surface area contributed by atoms with Gasteiger partial charge in [-0.05, 0) is 32.4 Å². The summed E-state index contributed by atoms with van der Waals surface area (Å²) in [5, 5.41) is 4.89. The summed E-state index contributed by atoms with van der Waals surface area (Å²) in [4.78, 5) is 6.86. The van der Waals surface area contributed by atoms with Crippen LogP contribution < -0.4 is 10.2 Å². The van der Waals surface area contributed by atoms with Gasteiger partial charge >= 0.3 is 0 Å². The molecule has 1 aliphatic rings. The van der Waals surface area contributed by atoms with Crippen LogP contribution in [-0.2, 0) is 6.54 Å². The first-order chi connectivity index (χ1) is 9.35. The molecular formula is C15H24ClN3S. The molecule has 0 bridgehead atoms. The molecule has 0 aliphatic carbocycles. The number of aromatic nitrogens is 1. The predicted octanol–water partition coefficient (Wildman–Crippen LogP) is 3.56. The SMILES string of the molecule is CC1CN(c2cc(CNC(C)(C)C)c(Cl)cn2)CCS1. The largest absolute Gasteiger partial charge is 0.355 e. The number of nitrogens with zero attached hydrogens (tertiary/aromatic N) is 2. The number of thioether (sulfide) groups is 1. The van der Waals surface area contributed by atoms with E-state index in [0.29, 0.717) is 5.25 Å². The van der Waals surface area contributed by atoms with Gasteiger partial charge in [0.15, 0.2) is 0 Å². The fourth-order valence-electron chi connectivity index (χ4n) is 2.16. The second-order valence-electron chi connectivity index (χ2n) is 6.36. The molecule has 1 unspecified atom stereocenters. The molecule has 1 N–H and O–H groups in total. The summed E-state index contributed by atoms with van der Waals surface area (Å²) >= 11 is 8.30. The second kappa shape index (κ2) is 6.54. The molecule has 0 aromatic carbocycles. The third-order valence-corrected chi connectivity index (χ3v) is 4.77. The molecule has 112 valence electrons. The van der Waals surface area contributed by atoms with E-state index in [1.54, 1.807) is 6.20 Å². The van der Waals surface area contributed by atoms with Gasteiger partial charge in [0.05, 0.1) is 5.02 Å². The van der Waals surface area contributed by atoms with Crippen molar-refractivity contribution in [2.24, 2.45) is 0 Å². The Labute approximate surface area is 131 Å². The summed E-state index contributed by atoms with van der Waals surface area (Å²) in [6, 6.07) is 2.13. The first-order valence-corrected chi connectivity index (χ1v) is 8.54. The second-order valence-corrected chi connectivity index (χ2v) is 8.32. The zero-order valence-corrected chi connectivity index (χ0v) is 14.3. The summed E-state index contributed by atoms with van der Waals surface area (Å²) < 4.78 is 0. The van der Waals surface area contributed by atoms with Gasteiger partial charge in [0.25, 0.3) is 0 Å². The summed E-state index contributed by atoms with van der Waals surface area (Å²) in [5.74, 6) is 2.22. The van der Waals surface area contributed by atoms with E-state index in [2.05, 4.69) is 49.0 Å². The highest BCUT2D eigenvalue weighted by Crippen LogP contribution is 2.25. The lowest BCUT2D eigenvalue weighted by molar-refractivity contribution is 0.424. The van der Waals surface area contributed by atoms with E-state index < -0.39 is 0 Å². The lowest BCUT2D eigenvalue weighted by Crippen LogP contribution is -2.37. The topological polar surface area (TPSA) is 28.2 Å². The standard InChI is InChI=1S/C15H24ClN3S/c1-11-10-19(5-6-20-11)14-7-12(13(16)9-17-14)8-18-15(2,3)4/h7,9,11,18H,5-6,8,10H2,1-4H3. The van der Waals surface area contributed by atoms with Crippen molar-refractivity contribution in [3.8, 4) is 0 Å². The molecule has 1 atom stereocenters. The van der Waals surface area contributed by atoms with Crippen molar-refractivity contribution in [3.05, 3.63) is 22.8 Å². The number of hydrogen-bond acceptors (Lipinski definition) is 4. The zero-order chi connectivity index (χ0) is 14.8. The van der Waals surface area contributed by atoms with E-state index in [-0.39, 0.29) is 5.54 Å². The minimum atomic E-state index is 0.0863. The first kappa shape index (κ1) is 15.9. The van der Waals surface area contributed by atoms with E-state index in [1.807, 2.05) is 11.8 Å². The van der Waals surface area contributed by atoms with Gasteiger partial charge < -0.3 is 10.2 Å². The quantitative estimate of drug-likeness (QED) is 0.923. The molecule has 20 heavy (non-hydrogen) atoms. The maximum absolute atomic E-state index is 6.27. The highest BCUT2D eigenvalue weighted by molar-refractivity contribution is 8.00. The number of hydrogen-bond donors (Lipinski definition) is 1. The van der Waals surface area contributed by atoms with Crippen LogP contribution in [0.4, 0.5) is 5.82 Å². The van der Waals surface area contributed by atoms with Gasteiger partial charge in [-0.25, -0.2) is 4.98 Å². The highest BCUT2D eigenvalue weighted by atomic mass is 35.5. The minimum Gasteiger partial charge on any atom is -0.355 e. The van der Waals surface area contributed by atoms with Gasteiger partial charge in [0.2, 0.25) is 0 Å². The molecule has 2 rings (SSSR count). The van der Waals surface area contributed by atoms with Crippen LogP contribution in [0, 0.1) is 0 Å². The molecule has 5 heteroatoms. The van der Waals surface area contributed by atoms with Gasteiger partial charge in [-0.1, -0.05) is 18.5 Å². The number of halogens is 1.